The lowest BCUT2D eigenvalue weighted by atomic mass is 10.1. The summed E-state index contributed by atoms with van der Waals surface area (Å²) in [4.78, 5) is 36.3. The fourth-order valence-corrected chi connectivity index (χ4v) is 3.31. The van der Waals surface area contributed by atoms with E-state index in [2.05, 4.69) is 15.3 Å². The molecule has 1 fully saturated rings. The Bertz CT molecular complexity index is 822. The highest BCUT2D eigenvalue weighted by Crippen LogP contribution is 2.17. The van der Waals surface area contributed by atoms with Crippen molar-refractivity contribution < 1.29 is 14.3 Å². The van der Waals surface area contributed by atoms with Gasteiger partial charge in [0.2, 0.25) is 0 Å². The smallest absolute Gasteiger partial charge is 0.409 e. The summed E-state index contributed by atoms with van der Waals surface area (Å²) >= 11 is 0. The summed E-state index contributed by atoms with van der Waals surface area (Å²) in [5, 5.41) is 3.36. The molecule has 8 nitrogen and oxygen atoms in total. The molecule has 1 saturated heterocycles. The van der Waals surface area contributed by atoms with E-state index in [0.29, 0.717) is 37.8 Å². The second kappa shape index (κ2) is 9.86. The minimum atomic E-state index is -0.262. The molecule has 0 unspecified atom stereocenters. The Kier molecular flexibility index (Phi) is 6.99. The van der Waals surface area contributed by atoms with E-state index >= 15 is 0 Å². The van der Waals surface area contributed by atoms with Crippen LogP contribution in [0.15, 0.2) is 42.7 Å². The highest BCUT2D eigenvalue weighted by atomic mass is 16.6. The number of carbonyl (C=O) groups excluding carboxylic acids is 2. The molecule has 2 heterocycles. The van der Waals surface area contributed by atoms with Gasteiger partial charge < -0.3 is 19.9 Å². The minimum absolute atomic E-state index is 0.156. The Balaban J connectivity index is 1.55. The quantitative estimate of drug-likeness (QED) is 0.806. The Morgan fingerprint density at radius 2 is 1.93 bits per heavy atom. The third-order valence-corrected chi connectivity index (χ3v) is 4.87. The third-order valence-electron chi connectivity index (χ3n) is 4.87. The zero-order valence-corrected chi connectivity index (χ0v) is 16.9. The van der Waals surface area contributed by atoms with Gasteiger partial charge in [0.15, 0.2) is 0 Å². The maximum Gasteiger partial charge on any atom is 0.409 e. The monoisotopic (exact) mass is 397 g/mol. The number of carbonyl (C=O) groups is 2. The second-order valence-corrected chi connectivity index (χ2v) is 7.04. The van der Waals surface area contributed by atoms with Crippen LogP contribution in [0.25, 0.3) is 0 Å². The van der Waals surface area contributed by atoms with E-state index in [9.17, 15) is 9.59 Å². The van der Waals surface area contributed by atoms with Gasteiger partial charge in [-0.2, -0.15) is 0 Å². The predicted octanol–water partition coefficient (Wildman–Crippen LogP) is 2.78. The van der Waals surface area contributed by atoms with E-state index in [0.717, 1.165) is 18.4 Å². The van der Waals surface area contributed by atoms with Gasteiger partial charge >= 0.3 is 6.09 Å². The molecule has 0 radical (unpaired) electrons. The van der Waals surface area contributed by atoms with Crippen LogP contribution >= 0.6 is 0 Å². The van der Waals surface area contributed by atoms with Crippen molar-refractivity contribution in [1.29, 1.82) is 0 Å². The minimum Gasteiger partial charge on any atom is -0.450 e. The van der Waals surface area contributed by atoms with E-state index < -0.39 is 0 Å². The number of anilines is 1. The first-order valence-corrected chi connectivity index (χ1v) is 9.86. The van der Waals surface area contributed by atoms with Crippen molar-refractivity contribution in [3.8, 4) is 0 Å². The van der Waals surface area contributed by atoms with Crippen LogP contribution < -0.4 is 5.32 Å². The molecule has 8 heteroatoms. The van der Waals surface area contributed by atoms with Crippen LogP contribution in [0.4, 0.5) is 10.6 Å². The molecule has 0 saturated carbocycles. The standard InChI is InChI=1S/C21H27N5O3/c1-3-29-21(28)26-11-9-17(10-12-26)24-19-13-18(22-15-23-19)20(27)25(2)14-16-7-5-4-6-8-16/h4-8,13,15,17H,3,9-12,14H2,1-2H3,(H,22,23,24). The first kappa shape index (κ1) is 20.6. The molecule has 0 bridgehead atoms. The fourth-order valence-electron chi connectivity index (χ4n) is 3.31. The number of hydrogen-bond donors (Lipinski definition) is 1. The fraction of sp³-hybridized carbons (Fsp3) is 0.429. The van der Waals surface area contributed by atoms with Gasteiger partial charge in [0, 0.05) is 38.8 Å². The van der Waals surface area contributed by atoms with E-state index in [-0.39, 0.29) is 18.0 Å². The van der Waals surface area contributed by atoms with E-state index in [4.69, 9.17) is 4.74 Å². The van der Waals surface area contributed by atoms with Gasteiger partial charge in [-0.3, -0.25) is 4.79 Å². The lowest BCUT2D eigenvalue weighted by Crippen LogP contribution is -2.42. The van der Waals surface area contributed by atoms with E-state index in [1.165, 1.54) is 6.33 Å². The van der Waals surface area contributed by atoms with Crippen molar-refractivity contribution in [3.05, 3.63) is 54.0 Å². The molecule has 154 valence electrons. The lowest BCUT2D eigenvalue weighted by Gasteiger charge is -2.31. The zero-order valence-electron chi connectivity index (χ0n) is 16.9. The van der Waals surface area contributed by atoms with Crippen LogP contribution in [0, 0.1) is 0 Å². The molecule has 29 heavy (non-hydrogen) atoms. The number of piperidine rings is 1. The van der Waals surface area contributed by atoms with Gasteiger partial charge in [-0.15, -0.1) is 0 Å². The van der Waals surface area contributed by atoms with Gasteiger partial charge in [0.1, 0.15) is 17.8 Å². The lowest BCUT2D eigenvalue weighted by molar-refractivity contribution is 0.0778. The first-order chi connectivity index (χ1) is 14.1. The Morgan fingerprint density at radius 1 is 1.21 bits per heavy atom. The molecule has 1 N–H and O–H groups in total. The van der Waals surface area contributed by atoms with Crippen LogP contribution in [-0.2, 0) is 11.3 Å². The van der Waals surface area contributed by atoms with Crippen molar-refractivity contribution >= 4 is 17.8 Å². The zero-order chi connectivity index (χ0) is 20.6. The maximum absolute atomic E-state index is 12.7. The largest absolute Gasteiger partial charge is 0.450 e. The number of rotatable bonds is 6. The Hall–Kier alpha value is -3.16. The molecule has 2 aromatic rings. The summed E-state index contributed by atoms with van der Waals surface area (Å²) in [7, 11) is 1.76. The molecule has 1 aliphatic heterocycles. The average molecular weight is 397 g/mol. The third kappa shape index (κ3) is 5.66. The van der Waals surface area contributed by atoms with Gasteiger partial charge in [-0.05, 0) is 25.3 Å². The number of benzene rings is 1. The molecule has 0 aliphatic carbocycles. The molecule has 0 atom stereocenters. The molecular formula is C21H27N5O3. The highest BCUT2D eigenvalue weighted by molar-refractivity contribution is 5.92. The summed E-state index contributed by atoms with van der Waals surface area (Å²) in [6.07, 6.45) is 2.72. The van der Waals surface area contributed by atoms with Crippen molar-refractivity contribution in [2.75, 3.05) is 32.1 Å². The number of ether oxygens (including phenoxy) is 1. The summed E-state index contributed by atoms with van der Waals surface area (Å²) < 4.78 is 5.05. The predicted molar refractivity (Wildman–Crippen MR) is 110 cm³/mol. The van der Waals surface area contributed by atoms with Crippen LogP contribution in [-0.4, -0.2) is 64.6 Å². The summed E-state index contributed by atoms with van der Waals surface area (Å²) in [6, 6.07) is 11.7. The number of nitrogens with one attached hydrogen (secondary N) is 1. The number of nitrogens with zero attached hydrogens (tertiary/aromatic N) is 4. The molecule has 1 aliphatic rings. The number of hydrogen-bond acceptors (Lipinski definition) is 6. The number of aromatic nitrogens is 2. The van der Waals surface area contributed by atoms with Gasteiger partial charge in [0.25, 0.3) is 5.91 Å². The van der Waals surface area contributed by atoms with Crippen molar-refractivity contribution in [2.45, 2.75) is 32.4 Å². The van der Waals surface area contributed by atoms with Crippen LogP contribution in [0.1, 0.15) is 35.8 Å². The highest BCUT2D eigenvalue weighted by Gasteiger charge is 2.24. The molecule has 0 spiro atoms. The van der Waals surface area contributed by atoms with Crippen LogP contribution in [0.5, 0.6) is 0 Å². The summed E-state index contributed by atoms with van der Waals surface area (Å²) in [5.74, 6) is 0.461. The van der Waals surface area contributed by atoms with Gasteiger partial charge in [0.05, 0.1) is 6.61 Å². The number of likely N-dealkylation sites (tertiary alicyclic amines) is 1. The topological polar surface area (TPSA) is 87.7 Å². The van der Waals surface area contributed by atoms with Crippen LogP contribution in [0.2, 0.25) is 0 Å². The SMILES string of the molecule is CCOC(=O)N1CCC(Nc2cc(C(=O)N(C)Cc3ccccc3)ncn2)CC1. The number of amides is 2. The maximum atomic E-state index is 12.7. The summed E-state index contributed by atoms with van der Waals surface area (Å²) in [5.41, 5.74) is 1.41. The van der Waals surface area contributed by atoms with Crippen molar-refractivity contribution in [3.63, 3.8) is 0 Å². The normalized spacial score (nSPS) is 14.3. The van der Waals surface area contributed by atoms with Crippen LogP contribution in [0.3, 0.4) is 0 Å². The molecule has 2 amide bonds. The molecule has 1 aromatic carbocycles. The van der Waals surface area contributed by atoms with Gasteiger partial charge in [-0.25, -0.2) is 14.8 Å². The average Bonchev–Trinajstić information content (AvgIpc) is 2.75. The van der Waals surface area contributed by atoms with Crippen molar-refractivity contribution in [2.24, 2.45) is 0 Å². The Labute approximate surface area is 170 Å². The molecule has 1 aromatic heterocycles. The first-order valence-electron chi connectivity index (χ1n) is 9.86. The Morgan fingerprint density at radius 3 is 2.62 bits per heavy atom. The van der Waals surface area contributed by atoms with Gasteiger partial charge in [-0.1, -0.05) is 30.3 Å². The molecule has 3 rings (SSSR count). The van der Waals surface area contributed by atoms with Crippen molar-refractivity contribution in [1.82, 2.24) is 19.8 Å². The summed E-state index contributed by atoms with van der Waals surface area (Å²) in [6.45, 7) is 3.96. The van der Waals surface area contributed by atoms with E-state index in [1.54, 1.807) is 29.8 Å². The second-order valence-electron chi connectivity index (χ2n) is 7.04. The molecular weight excluding hydrogens is 370 g/mol. The van der Waals surface area contributed by atoms with E-state index in [1.807, 2.05) is 30.3 Å².